The van der Waals surface area contributed by atoms with Crippen LogP contribution in [0.2, 0.25) is 0 Å². The van der Waals surface area contributed by atoms with Crippen LogP contribution in [-0.2, 0) is 11.3 Å². The molecule has 0 aliphatic heterocycles. The summed E-state index contributed by atoms with van der Waals surface area (Å²) in [5.41, 5.74) is 0.767. The minimum Gasteiger partial charge on any atom is -0.486 e. The van der Waals surface area contributed by atoms with Crippen LogP contribution >= 0.6 is 15.9 Å². The summed E-state index contributed by atoms with van der Waals surface area (Å²) >= 11 is 3.24. The van der Waals surface area contributed by atoms with Gasteiger partial charge in [-0.15, -0.1) is 0 Å². The van der Waals surface area contributed by atoms with E-state index in [0.717, 1.165) is 5.56 Å². The third kappa shape index (κ3) is 4.04. The minimum absolute atomic E-state index is 0.0104. The van der Waals surface area contributed by atoms with Gasteiger partial charge in [-0.05, 0) is 24.6 Å². The van der Waals surface area contributed by atoms with Gasteiger partial charge < -0.3 is 9.47 Å². The molecule has 2 aromatic rings. The lowest BCUT2D eigenvalue weighted by Gasteiger charge is -2.11. The number of benzene rings is 2. The van der Waals surface area contributed by atoms with E-state index < -0.39 is 11.8 Å². The van der Waals surface area contributed by atoms with Crippen molar-refractivity contribution in [3.05, 3.63) is 63.9 Å². The van der Waals surface area contributed by atoms with Crippen molar-refractivity contribution in [2.24, 2.45) is 0 Å². The number of rotatable bonds is 5. The van der Waals surface area contributed by atoms with E-state index in [1.54, 1.807) is 6.92 Å². The lowest BCUT2D eigenvalue weighted by Crippen LogP contribution is -2.09. The predicted octanol–water partition coefficient (Wildman–Crippen LogP) is 4.34. The molecule has 0 radical (unpaired) electrons. The van der Waals surface area contributed by atoms with Crippen molar-refractivity contribution in [2.45, 2.75) is 13.5 Å². The Labute approximate surface area is 130 Å². The molecule has 110 valence electrons. The summed E-state index contributed by atoms with van der Waals surface area (Å²) in [6, 6.07) is 12.3. The molecule has 2 aromatic carbocycles. The van der Waals surface area contributed by atoms with Gasteiger partial charge in [0.2, 0.25) is 0 Å². The molecule has 0 aliphatic carbocycles. The molecule has 5 heteroatoms. The largest absolute Gasteiger partial charge is 0.486 e. The maximum absolute atomic E-state index is 14.3. The molecule has 0 saturated carbocycles. The van der Waals surface area contributed by atoms with Crippen LogP contribution in [0.25, 0.3) is 0 Å². The molecule has 3 nitrogen and oxygen atoms in total. The topological polar surface area (TPSA) is 35.5 Å². The van der Waals surface area contributed by atoms with Crippen molar-refractivity contribution in [2.75, 3.05) is 6.61 Å². The standard InChI is InChI=1S/C16H14BrFO3/c1-2-20-16(19)13-8-12(17)9-14(15(13)18)21-10-11-6-4-3-5-7-11/h3-9H,2,10H2,1H3. The smallest absolute Gasteiger partial charge is 0.341 e. The third-order valence-corrected chi connectivity index (χ3v) is 3.19. The molecule has 0 fully saturated rings. The molecule has 0 unspecified atom stereocenters. The van der Waals surface area contributed by atoms with Crippen LogP contribution in [0.3, 0.4) is 0 Å². The molecule has 0 aliphatic rings. The highest BCUT2D eigenvalue weighted by atomic mass is 79.9. The molecule has 21 heavy (non-hydrogen) atoms. The van der Waals surface area contributed by atoms with E-state index >= 15 is 0 Å². The Morgan fingerprint density at radius 2 is 1.95 bits per heavy atom. The molecule has 2 rings (SSSR count). The van der Waals surface area contributed by atoms with E-state index in [4.69, 9.17) is 9.47 Å². The average Bonchev–Trinajstić information content (AvgIpc) is 2.49. The van der Waals surface area contributed by atoms with Gasteiger partial charge in [-0.1, -0.05) is 46.3 Å². The van der Waals surface area contributed by atoms with E-state index in [1.807, 2.05) is 30.3 Å². The highest BCUT2D eigenvalue weighted by Gasteiger charge is 2.18. The van der Waals surface area contributed by atoms with E-state index in [2.05, 4.69) is 15.9 Å². The van der Waals surface area contributed by atoms with Gasteiger partial charge >= 0.3 is 5.97 Å². The first-order chi connectivity index (χ1) is 10.1. The fraction of sp³-hybridized carbons (Fsp3) is 0.188. The Balaban J connectivity index is 2.21. The Bertz CT molecular complexity index is 629. The van der Waals surface area contributed by atoms with Gasteiger partial charge in [0.25, 0.3) is 0 Å². The van der Waals surface area contributed by atoms with Crippen molar-refractivity contribution >= 4 is 21.9 Å². The number of hydrogen-bond acceptors (Lipinski definition) is 3. The molecule has 0 heterocycles. The lowest BCUT2D eigenvalue weighted by atomic mass is 10.2. The maximum Gasteiger partial charge on any atom is 0.341 e. The van der Waals surface area contributed by atoms with Crippen molar-refractivity contribution in [3.8, 4) is 5.75 Å². The molecule has 0 aromatic heterocycles. The summed E-state index contributed by atoms with van der Waals surface area (Å²) in [6.07, 6.45) is 0. The van der Waals surface area contributed by atoms with E-state index in [9.17, 15) is 9.18 Å². The molecule has 0 spiro atoms. The minimum atomic E-state index is -0.715. The molecule has 0 atom stereocenters. The second-order valence-electron chi connectivity index (χ2n) is 4.26. The van der Waals surface area contributed by atoms with Crippen LogP contribution in [0.1, 0.15) is 22.8 Å². The molecular weight excluding hydrogens is 339 g/mol. The summed E-state index contributed by atoms with van der Waals surface area (Å²) in [4.78, 5) is 11.7. The number of hydrogen-bond donors (Lipinski definition) is 0. The zero-order valence-corrected chi connectivity index (χ0v) is 13.0. The van der Waals surface area contributed by atoms with Gasteiger partial charge in [0.15, 0.2) is 11.6 Å². The van der Waals surface area contributed by atoms with E-state index in [0.29, 0.717) is 4.47 Å². The quantitative estimate of drug-likeness (QED) is 0.750. The van der Waals surface area contributed by atoms with Crippen LogP contribution in [0.15, 0.2) is 46.9 Å². The molecule has 0 amide bonds. The monoisotopic (exact) mass is 352 g/mol. The van der Waals surface area contributed by atoms with Gasteiger partial charge in [-0.2, -0.15) is 0 Å². The van der Waals surface area contributed by atoms with E-state index in [-0.39, 0.29) is 24.5 Å². The predicted molar refractivity (Wildman–Crippen MR) is 80.8 cm³/mol. The highest BCUT2D eigenvalue weighted by molar-refractivity contribution is 9.10. The SMILES string of the molecule is CCOC(=O)c1cc(Br)cc(OCc2ccccc2)c1F. The summed E-state index contributed by atoms with van der Waals surface area (Å²) in [6.45, 7) is 2.07. The van der Waals surface area contributed by atoms with Gasteiger partial charge in [0.05, 0.1) is 6.61 Å². The first-order valence-electron chi connectivity index (χ1n) is 6.44. The van der Waals surface area contributed by atoms with Crippen molar-refractivity contribution in [1.82, 2.24) is 0 Å². The summed E-state index contributed by atoms with van der Waals surface area (Å²) in [5, 5.41) is 0. The second-order valence-corrected chi connectivity index (χ2v) is 5.18. The molecule has 0 bridgehead atoms. The van der Waals surface area contributed by atoms with Crippen molar-refractivity contribution in [3.63, 3.8) is 0 Å². The average molecular weight is 353 g/mol. The Kier molecular flexibility index (Phi) is 5.33. The van der Waals surface area contributed by atoms with Crippen LogP contribution in [0, 0.1) is 5.82 Å². The Morgan fingerprint density at radius 3 is 2.62 bits per heavy atom. The highest BCUT2D eigenvalue weighted by Crippen LogP contribution is 2.27. The van der Waals surface area contributed by atoms with Gasteiger partial charge in [-0.25, -0.2) is 9.18 Å². The number of carbonyl (C=O) groups excluding carboxylic acids is 1. The zero-order chi connectivity index (χ0) is 15.2. The third-order valence-electron chi connectivity index (χ3n) is 2.74. The van der Waals surface area contributed by atoms with Crippen LogP contribution < -0.4 is 4.74 Å². The number of halogens is 2. The molecule has 0 saturated heterocycles. The van der Waals surface area contributed by atoms with E-state index in [1.165, 1.54) is 12.1 Å². The zero-order valence-electron chi connectivity index (χ0n) is 11.4. The van der Waals surface area contributed by atoms with Gasteiger partial charge in [-0.3, -0.25) is 0 Å². The maximum atomic E-state index is 14.3. The Hall–Kier alpha value is -1.88. The van der Waals surface area contributed by atoms with Crippen LogP contribution in [0.5, 0.6) is 5.75 Å². The lowest BCUT2D eigenvalue weighted by molar-refractivity contribution is 0.0519. The fourth-order valence-corrected chi connectivity index (χ4v) is 2.20. The van der Waals surface area contributed by atoms with Crippen LogP contribution in [-0.4, -0.2) is 12.6 Å². The molecular formula is C16H14BrFO3. The first kappa shape index (κ1) is 15.5. The summed E-state index contributed by atoms with van der Waals surface area (Å²) in [5.74, 6) is -1.41. The van der Waals surface area contributed by atoms with Crippen molar-refractivity contribution < 1.29 is 18.7 Å². The van der Waals surface area contributed by atoms with Gasteiger partial charge in [0.1, 0.15) is 12.2 Å². The second kappa shape index (κ2) is 7.22. The van der Waals surface area contributed by atoms with Crippen molar-refractivity contribution in [1.29, 1.82) is 0 Å². The number of ether oxygens (including phenoxy) is 2. The summed E-state index contributed by atoms with van der Waals surface area (Å²) < 4.78 is 25.1. The first-order valence-corrected chi connectivity index (χ1v) is 7.24. The number of carbonyl (C=O) groups is 1. The summed E-state index contributed by atoms with van der Waals surface area (Å²) in [7, 11) is 0. The normalized spacial score (nSPS) is 10.2. The van der Waals surface area contributed by atoms with Crippen LogP contribution in [0.4, 0.5) is 4.39 Å². The Morgan fingerprint density at radius 1 is 1.24 bits per heavy atom. The number of esters is 1. The molecule has 0 N–H and O–H groups in total. The fourth-order valence-electron chi connectivity index (χ4n) is 1.76. The van der Waals surface area contributed by atoms with Gasteiger partial charge in [0, 0.05) is 4.47 Å².